The van der Waals surface area contributed by atoms with Crippen molar-refractivity contribution in [3.63, 3.8) is 0 Å². The van der Waals surface area contributed by atoms with E-state index in [2.05, 4.69) is 21.0 Å². The highest BCUT2D eigenvalue weighted by Gasteiger charge is 2.34. The maximum atomic E-state index is 12.2. The van der Waals surface area contributed by atoms with Crippen molar-refractivity contribution in [1.29, 1.82) is 0 Å². The fourth-order valence-corrected chi connectivity index (χ4v) is 2.20. The van der Waals surface area contributed by atoms with E-state index in [-0.39, 0.29) is 13.1 Å². The number of aromatic nitrogens is 2. The highest BCUT2D eigenvalue weighted by Crippen LogP contribution is 2.20. The first-order chi connectivity index (χ1) is 7.85. The molecule has 1 aromatic heterocycles. The molecule has 94 valence electrons. The Labute approximate surface area is 104 Å². The first kappa shape index (κ1) is 12.4. The van der Waals surface area contributed by atoms with Crippen LogP contribution in [0, 0.1) is 0 Å². The lowest BCUT2D eigenvalue weighted by Crippen LogP contribution is -2.40. The van der Waals surface area contributed by atoms with Crippen LogP contribution >= 0.6 is 15.9 Å². The lowest BCUT2D eigenvalue weighted by Gasteiger charge is -2.21. The maximum absolute atomic E-state index is 12.2. The summed E-state index contributed by atoms with van der Waals surface area (Å²) in [6.07, 6.45) is -3.98. The second-order valence-corrected chi connectivity index (χ2v) is 4.61. The van der Waals surface area contributed by atoms with Crippen LogP contribution in [0.2, 0.25) is 0 Å². The van der Waals surface area contributed by atoms with Crippen molar-refractivity contribution in [2.24, 2.45) is 0 Å². The largest absolute Gasteiger partial charge is 0.406 e. The van der Waals surface area contributed by atoms with Crippen molar-refractivity contribution >= 4 is 21.8 Å². The van der Waals surface area contributed by atoms with E-state index in [0.717, 1.165) is 10.6 Å². The van der Waals surface area contributed by atoms with Crippen LogP contribution in [-0.2, 0) is 17.8 Å². The van der Waals surface area contributed by atoms with Crippen LogP contribution in [-0.4, -0.2) is 39.9 Å². The number of amides is 1. The Morgan fingerprint density at radius 1 is 1.47 bits per heavy atom. The normalized spacial score (nSPS) is 16.9. The zero-order valence-electron chi connectivity index (χ0n) is 8.67. The van der Waals surface area contributed by atoms with Gasteiger partial charge in [-0.1, -0.05) is 0 Å². The first-order valence-corrected chi connectivity index (χ1v) is 5.71. The Morgan fingerprint density at radius 3 is 2.82 bits per heavy atom. The highest BCUT2D eigenvalue weighted by molar-refractivity contribution is 9.10. The smallest absolute Gasteiger partial charge is 0.332 e. The number of rotatable bonds is 1. The van der Waals surface area contributed by atoms with Gasteiger partial charge in [0.05, 0.1) is 0 Å². The molecule has 0 atom stereocenters. The van der Waals surface area contributed by atoms with E-state index in [1.54, 1.807) is 6.07 Å². The van der Waals surface area contributed by atoms with Gasteiger partial charge in [-0.15, -0.1) is 0 Å². The number of halogens is 4. The molecule has 1 aromatic rings. The van der Waals surface area contributed by atoms with Crippen molar-refractivity contribution in [2.75, 3.05) is 13.1 Å². The molecule has 0 saturated carbocycles. The van der Waals surface area contributed by atoms with Crippen LogP contribution < -0.4 is 0 Å². The summed E-state index contributed by atoms with van der Waals surface area (Å²) in [5.74, 6) is -0.559. The second-order valence-electron chi connectivity index (χ2n) is 3.80. The molecule has 1 aliphatic rings. The number of fused-ring (bicyclic) bond motifs is 1. The second kappa shape index (κ2) is 4.32. The van der Waals surface area contributed by atoms with Crippen molar-refractivity contribution in [3.8, 4) is 0 Å². The van der Waals surface area contributed by atoms with E-state index >= 15 is 0 Å². The van der Waals surface area contributed by atoms with Gasteiger partial charge >= 0.3 is 6.18 Å². The average Bonchev–Trinajstić information content (AvgIpc) is 2.45. The van der Waals surface area contributed by atoms with E-state index in [9.17, 15) is 18.0 Å². The third-order valence-corrected chi connectivity index (χ3v) is 2.87. The van der Waals surface area contributed by atoms with Crippen LogP contribution in [0.4, 0.5) is 13.2 Å². The standard InChI is InChI=1S/C9H9BrF3N3O/c10-7-3-6-1-2-15(5-9(11,12)13)8(17)4-16(6)14-7/h3H,1-2,4-5H2. The Balaban J connectivity index is 2.13. The van der Waals surface area contributed by atoms with Gasteiger partial charge in [-0.3, -0.25) is 9.48 Å². The number of nitrogens with zero attached hydrogens (tertiary/aromatic N) is 3. The van der Waals surface area contributed by atoms with Crippen molar-refractivity contribution in [2.45, 2.75) is 19.1 Å². The van der Waals surface area contributed by atoms with E-state index in [1.165, 1.54) is 4.68 Å². The summed E-state index contributed by atoms with van der Waals surface area (Å²) in [6.45, 7) is -1.27. The van der Waals surface area contributed by atoms with Crippen LogP contribution in [0.1, 0.15) is 5.69 Å². The third kappa shape index (κ3) is 2.99. The van der Waals surface area contributed by atoms with Gasteiger partial charge in [-0.25, -0.2) is 0 Å². The maximum Gasteiger partial charge on any atom is 0.406 e. The predicted octanol–water partition coefficient (Wildman–Crippen LogP) is 1.59. The van der Waals surface area contributed by atoms with Crippen molar-refractivity contribution in [1.82, 2.24) is 14.7 Å². The van der Waals surface area contributed by atoms with Gasteiger partial charge in [0.1, 0.15) is 17.7 Å². The summed E-state index contributed by atoms with van der Waals surface area (Å²) >= 11 is 3.16. The van der Waals surface area contributed by atoms with E-state index in [0.29, 0.717) is 11.0 Å². The molecule has 1 aliphatic heterocycles. The molecule has 17 heavy (non-hydrogen) atoms. The Morgan fingerprint density at radius 2 is 2.18 bits per heavy atom. The van der Waals surface area contributed by atoms with Crippen LogP contribution in [0.5, 0.6) is 0 Å². The Hall–Kier alpha value is -1.05. The van der Waals surface area contributed by atoms with Crippen LogP contribution in [0.15, 0.2) is 10.7 Å². The number of hydrogen-bond acceptors (Lipinski definition) is 2. The molecule has 8 heteroatoms. The molecular weight excluding hydrogens is 303 g/mol. The molecule has 4 nitrogen and oxygen atoms in total. The molecule has 0 bridgehead atoms. The number of carbonyl (C=O) groups excluding carboxylic acids is 1. The predicted molar refractivity (Wildman–Crippen MR) is 56.3 cm³/mol. The number of carbonyl (C=O) groups is 1. The molecule has 0 spiro atoms. The summed E-state index contributed by atoms with van der Waals surface area (Å²) in [5, 5.41) is 4.00. The molecule has 0 aliphatic carbocycles. The van der Waals surface area contributed by atoms with Crippen LogP contribution in [0.25, 0.3) is 0 Å². The lowest BCUT2D eigenvalue weighted by molar-refractivity contribution is -0.161. The first-order valence-electron chi connectivity index (χ1n) is 4.92. The summed E-state index contributed by atoms with van der Waals surface area (Å²) in [6, 6.07) is 1.71. The molecule has 0 radical (unpaired) electrons. The monoisotopic (exact) mass is 311 g/mol. The van der Waals surface area contributed by atoms with Gasteiger partial charge in [0.25, 0.3) is 0 Å². The average molecular weight is 312 g/mol. The molecule has 0 unspecified atom stereocenters. The minimum absolute atomic E-state index is 0.0659. The van der Waals surface area contributed by atoms with Gasteiger partial charge in [-0.05, 0) is 22.0 Å². The summed E-state index contributed by atoms with van der Waals surface area (Å²) in [4.78, 5) is 12.4. The zero-order valence-corrected chi connectivity index (χ0v) is 10.3. The van der Waals surface area contributed by atoms with Gasteiger partial charge < -0.3 is 4.90 Å². The summed E-state index contributed by atoms with van der Waals surface area (Å²) < 4.78 is 38.7. The molecular formula is C9H9BrF3N3O. The van der Waals surface area contributed by atoms with Gasteiger partial charge in [0, 0.05) is 18.7 Å². The van der Waals surface area contributed by atoms with E-state index in [1.807, 2.05) is 0 Å². The van der Waals surface area contributed by atoms with Gasteiger partial charge in [-0.2, -0.15) is 18.3 Å². The quantitative estimate of drug-likeness (QED) is 0.790. The van der Waals surface area contributed by atoms with E-state index in [4.69, 9.17) is 0 Å². The molecule has 2 heterocycles. The molecule has 0 aromatic carbocycles. The van der Waals surface area contributed by atoms with Gasteiger partial charge in [0.15, 0.2) is 0 Å². The fraction of sp³-hybridized carbons (Fsp3) is 0.556. The summed E-state index contributed by atoms with van der Waals surface area (Å²) in [5.41, 5.74) is 0.759. The highest BCUT2D eigenvalue weighted by atomic mass is 79.9. The van der Waals surface area contributed by atoms with E-state index < -0.39 is 18.6 Å². The Bertz CT molecular complexity index is 443. The molecule has 0 N–H and O–H groups in total. The summed E-state index contributed by atoms with van der Waals surface area (Å²) in [7, 11) is 0. The molecule has 0 fully saturated rings. The fourth-order valence-electron chi connectivity index (χ4n) is 1.74. The number of alkyl halides is 3. The third-order valence-electron chi connectivity index (χ3n) is 2.48. The molecule has 0 saturated heterocycles. The zero-order chi connectivity index (χ0) is 12.6. The number of hydrogen-bond donors (Lipinski definition) is 0. The SMILES string of the molecule is O=C1Cn2nc(Br)cc2CCN1CC(F)(F)F. The minimum Gasteiger partial charge on any atom is -0.332 e. The minimum atomic E-state index is -4.36. The molecule has 2 rings (SSSR count). The van der Waals surface area contributed by atoms with Crippen LogP contribution in [0.3, 0.4) is 0 Å². The topological polar surface area (TPSA) is 38.1 Å². The van der Waals surface area contributed by atoms with Gasteiger partial charge in [0.2, 0.25) is 5.91 Å². The van der Waals surface area contributed by atoms with Crippen molar-refractivity contribution in [3.05, 3.63) is 16.4 Å². The lowest BCUT2D eigenvalue weighted by atomic mass is 10.3. The Kier molecular flexibility index (Phi) is 3.15. The van der Waals surface area contributed by atoms with Crippen molar-refractivity contribution < 1.29 is 18.0 Å². The molecule has 1 amide bonds.